The molecule has 0 N–H and O–H groups in total. The molecule has 0 saturated carbocycles. The molecule has 0 fully saturated rings. The maximum absolute atomic E-state index is 10.5. The first kappa shape index (κ1) is 26.1. The van der Waals surface area contributed by atoms with Crippen molar-refractivity contribution in [2.24, 2.45) is 0 Å². The minimum absolute atomic E-state index is 0.0164. The van der Waals surface area contributed by atoms with E-state index in [9.17, 15) is 13.0 Å². The molecule has 0 aliphatic carbocycles. The standard InChI is InChI=1S/C18H22I.C6H4Cl2O3S/c1-3-5-15-7-11-17(12-8-15)19-18-13-9-16(6-4-2)10-14-18;7-4-1-2-5(8)6(3-4)12(9,10)11/h7-14H,3-6H2,1-2H3;1-3H,(H,9,10,11)/q+1;/p-1. The van der Waals surface area contributed by atoms with Crippen LogP contribution in [-0.4, -0.2) is 13.0 Å². The van der Waals surface area contributed by atoms with E-state index in [1.54, 1.807) is 0 Å². The monoisotopic (exact) mass is 590 g/mol. The second kappa shape index (κ2) is 12.8. The fourth-order valence-corrected chi connectivity index (χ4v) is 6.17. The van der Waals surface area contributed by atoms with Crippen molar-refractivity contribution in [1.29, 1.82) is 0 Å². The third kappa shape index (κ3) is 9.10. The minimum atomic E-state index is -4.52. The molecule has 3 rings (SSSR count). The van der Waals surface area contributed by atoms with Crippen LogP contribution in [0.15, 0.2) is 71.6 Å². The topological polar surface area (TPSA) is 57.2 Å². The van der Waals surface area contributed by atoms with Crippen LogP contribution in [0.5, 0.6) is 0 Å². The van der Waals surface area contributed by atoms with E-state index in [1.807, 2.05) is 0 Å². The largest absolute Gasteiger partial charge is 0.744 e. The van der Waals surface area contributed by atoms with Crippen LogP contribution in [0.1, 0.15) is 37.8 Å². The molecule has 0 aliphatic rings. The highest BCUT2D eigenvalue weighted by atomic mass is 127. The van der Waals surface area contributed by atoms with Crippen molar-refractivity contribution < 1.29 is 34.2 Å². The number of benzene rings is 3. The highest BCUT2D eigenvalue weighted by Crippen LogP contribution is 2.24. The number of halogens is 3. The molecule has 0 spiro atoms. The van der Waals surface area contributed by atoms with Crippen molar-refractivity contribution in [1.82, 2.24) is 0 Å². The molecule has 0 aliphatic heterocycles. The first-order valence-electron chi connectivity index (χ1n) is 9.96. The third-order valence-corrected chi connectivity index (χ3v) is 8.52. The predicted molar refractivity (Wildman–Crippen MR) is 123 cm³/mol. The molecule has 166 valence electrons. The van der Waals surface area contributed by atoms with Crippen LogP contribution in [0.3, 0.4) is 0 Å². The molecule has 31 heavy (non-hydrogen) atoms. The quantitative estimate of drug-likeness (QED) is 0.312. The van der Waals surface area contributed by atoms with E-state index in [1.165, 1.54) is 56.1 Å². The van der Waals surface area contributed by atoms with Gasteiger partial charge < -0.3 is 4.55 Å². The zero-order valence-electron chi connectivity index (χ0n) is 17.4. The summed E-state index contributed by atoms with van der Waals surface area (Å²) in [4.78, 5) is -0.489. The molecule has 0 unspecified atom stereocenters. The average Bonchev–Trinajstić information content (AvgIpc) is 2.73. The molecule has 0 aromatic heterocycles. The molecule has 0 bridgehead atoms. The van der Waals surface area contributed by atoms with E-state index in [0.717, 1.165) is 6.07 Å². The molecule has 3 aromatic carbocycles. The summed E-state index contributed by atoms with van der Waals surface area (Å²) in [5.74, 6) is 0. The predicted octanol–water partition coefficient (Wildman–Crippen LogP) is 3.62. The van der Waals surface area contributed by atoms with Crippen molar-refractivity contribution in [2.75, 3.05) is 0 Å². The molecule has 0 heterocycles. The van der Waals surface area contributed by atoms with E-state index in [2.05, 4.69) is 62.4 Å². The van der Waals surface area contributed by atoms with Gasteiger partial charge in [0.1, 0.15) is 10.1 Å². The average molecular weight is 591 g/mol. The van der Waals surface area contributed by atoms with Crippen molar-refractivity contribution >= 4 is 33.3 Å². The summed E-state index contributed by atoms with van der Waals surface area (Å²) >= 11 is 10.9. The normalized spacial score (nSPS) is 11.0. The summed E-state index contributed by atoms with van der Waals surface area (Å²) in [5, 5.41) is 0.0447. The number of rotatable bonds is 7. The van der Waals surface area contributed by atoms with Gasteiger partial charge in [-0.25, -0.2) is 8.42 Å². The van der Waals surface area contributed by atoms with Crippen molar-refractivity contribution in [3.05, 3.63) is 95.0 Å². The van der Waals surface area contributed by atoms with Crippen LogP contribution < -0.4 is 21.2 Å². The van der Waals surface area contributed by atoms with Gasteiger partial charge in [-0.1, -0.05) is 74.2 Å². The lowest BCUT2D eigenvalue weighted by molar-refractivity contribution is -0.597. The Morgan fingerprint density at radius 2 is 1.23 bits per heavy atom. The molecule has 0 atom stereocenters. The van der Waals surface area contributed by atoms with Crippen LogP contribution in [0.4, 0.5) is 0 Å². The van der Waals surface area contributed by atoms with E-state index in [-0.39, 0.29) is 31.3 Å². The van der Waals surface area contributed by atoms with Gasteiger partial charge in [0, 0.05) is 5.02 Å². The number of aryl methyl sites for hydroxylation is 2. The lowest BCUT2D eigenvalue weighted by Gasteiger charge is -2.08. The Kier molecular flexibility index (Phi) is 10.8. The van der Waals surface area contributed by atoms with E-state index in [0.29, 0.717) is 0 Å². The molecule has 0 saturated heterocycles. The van der Waals surface area contributed by atoms with Gasteiger partial charge in [-0.05, 0) is 66.4 Å². The maximum Gasteiger partial charge on any atom is 0.357 e. The summed E-state index contributed by atoms with van der Waals surface area (Å²) in [6.07, 6.45) is 4.86. The maximum atomic E-state index is 10.5. The summed E-state index contributed by atoms with van der Waals surface area (Å²) in [5.41, 5.74) is 2.93. The lowest BCUT2D eigenvalue weighted by Crippen LogP contribution is -3.61. The smallest absolute Gasteiger partial charge is 0.357 e. The molecule has 3 aromatic rings. The summed E-state index contributed by atoms with van der Waals surface area (Å²) in [7, 11) is -4.52. The van der Waals surface area contributed by atoms with Gasteiger partial charge in [0.15, 0.2) is 7.14 Å². The van der Waals surface area contributed by atoms with Gasteiger partial charge in [-0.2, -0.15) is 0 Å². The molecular formula is C24H25Cl2IO3S. The molecule has 0 radical (unpaired) electrons. The van der Waals surface area contributed by atoms with Gasteiger partial charge in [-0.3, -0.25) is 0 Å². The molecule has 3 nitrogen and oxygen atoms in total. The second-order valence-corrected chi connectivity index (χ2v) is 12.1. The molecule has 0 amide bonds. The van der Waals surface area contributed by atoms with Crippen LogP contribution in [0.25, 0.3) is 0 Å². The van der Waals surface area contributed by atoms with Crippen LogP contribution in [0, 0.1) is 7.14 Å². The van der Waals surface area contributed by atoms with Crippen molar-refractivity contribution in [2.45, 2.75) is 44.4 Å². The van der Waals surface area contributed by atoms with Gasteiger partial charge in [-0.15, -0.1) is 0 Å². The van der Waals surface area contributed by atoms with E-state index >= 15 is 0 Å². The Morgan fingerprint density at radius 1 is 0.774 bits per heavy atom. The Bertz CT molecular complexity index is 1020. The van der Waals surface area contributed by atoms with Crippen LogP contribution >= 0.6 is 23.2 Å². The summed E-state index contributed by atoms with van der Waals surface area (Å²) in [6, 6.07) is 22.1. The lowest BCUT2D eigenvalue weighted by atomic mass is 10.1. The highest BCUT2D eigenvalue weighted by molar-refractivity contribution is 7.85. The fourth-order valence-electron chi connectivity index (χ4n) is 2.80. The minimum Gasteiger partial charge on any atom is -0.744 e. The SMILES string of the molecule is CCCc1ccc([I+]c2ccc(CCC)cc2)cc1.O=S(=O)([O-])c1cc(Cl)ccc1Cl. The molecular weight excluding hydrogens is 566 g/mol. The Balaban J connectivity index is 0.000000245. The van der Waals surface area contributed by atoms with Crippen molar-refractivity contribution in [3.8, 4) is 0 Å². The van der Waals surface area contributed by atoms with Gasteiger partial charge >= 0.3 is 21.2 Å². The highest BCUT2D eigenvalue weighted by Gasteiger charge is 2.14. The molecule has 7 heteroatoms. The third-order valence-electron chi connectivity index (χ3n) is 4.28. The zero-order chi connectivity index (χ0) is 22.9. The number of hydrogen-bond donors (Lipinski definition) is 0. The first-order valence-corrected chi connectivity index (χ1v) is 14.3. The first-order chi connectivity index (χ1) is 14.7. The Labute approximate surface area is 205 Å². The van der Waals surface area contributed by atoms with E-state index in [4.69, 9.17) is 23.2 Å². The van der Waals surface area contributed by atoms with Gasteiger partial charge in [0.05, 0.1) is 9.92 Å². The number of hydrogen-bond acceptors (Lipinski definition) is 3. The Hall–Kier alpha value is -1.12. The van der Waals surface area contributed by atoms with Gasteiger partial charge in [0.25, 0.3) is 0 Å². The fraction of sp³-hybridized carbons (Fsp3) is 0.250. The second-order valence-electron chi connectivity index (χ2n) is 6.88. The summed E-state index contributed by atoms with van der Waals surface area (Å²) in [6.45, 7) is 4.47. The Morgan fingerprint density at radius 3 is 1.58 bits per heavy atom. The zero-order valence-corrected chi connectivity index (χ0v) is 21.9. The van der Waals surface area contributed by atoms with Gasteiger partial charge in [0.2, 0.25) is 0 Å². The van der Waals surface area contributed by atoms with Crippen LogP contribution in [0.2, 0.25) is 10.0 Å². The van der Waals surface area contributed by atoms with E-state index < -0.39 is 15.0 Å². The van der Waals surface area contributed by atoms with Crippen molar-refractivity contribution in [3.63, 3.8) is 0 Å². The van der Waals surface area contributed by atoms with Crippen LogP contribution in [-0.2, 0) is 23.0 Å². The summed E-state index contributed by atoms with van der Waals surface area (Å²) < 4.78 is 34.6.